The molecule has 0 unspecified atom stereocenters. The van der Waals surface area contributed by atoms with Crippen LogP contribution < -0.4 is 0 Å². The SMILES string of the molecule is Cc1nn(C)c2ccsc12. The largest absolute Gasteiger partial charge is 0.267 e. The van der Waals surface area contributed by atoms with Crippen LogP contribution in [-0.4, -0.2) is 9.78 Å². The fraction of sp³-hybridized carbons (Fsp3) is 0.286. The maximum atomic E-state index is 4.28. The van der Waals surface area contributed by atoms with E-state index >= 15 is 0 Å². The minimum atomic E-state index is 1.13. The Kier molecular flexibility index (Phi) is 1.08. The molecule has 10 heavy (non-hydrogen) atoms. The second-order valence-electron chi connectivity index (χ2n) is 2.34. The summed E-state index contributed by atoms with van der Waals surface area (Å²) >= 11 is 1.75. The Hall–Kier alpha value is -0.830. The summed E-state index contributed by atoms with van der Waals surface area (Å²) in [7, 11) is 1.97. The van der Waals surface area contributed by atoms with Gasteiger partial charge in [0.05, 0.1) is 15.9 Å². The lowest BCUT2D eigenvalue weighted by atomic mass is 10.4. The Morgan fingerprint density at radius 3 is 3.10 bits per heavy atom. The number of rotatable bonds is 0. The van der Waals surface area contributed by atoms with E-state index in [1.165, 1.54) is 10.2 Å². The molecule has 2 rings (SSSR count). The summed E-state index contributed by atoms with van der Waals surface area (Å²) in [6.45, 7) is 2.04. The highest BCUT2D eigenvalue weighted by Gasteiger charge is 2.03. The normalized spacial score (nSPS) is 11.0. The van der Waals surface area contributed by atoms with Gasteiger partial charge in [0.25, 0.3) is 0 Å². The molecule has 0 saturated carbocycles. The van der Waals surface area contributed by atoms with E-state index in [1.807, 2.05) is 18.7 Å². The lowest BCUT2D eigenvalue weighted by molar-refractivity contribution is 0.783. The highest BCUT2D eigenvalue weighted by Crippen LogP contribution is 2.22. The summed E-state index contributed by atoms with van der Waals surface area (Å²) < 4.78 is 3.23. The first-order chi connectivity index (χ1) is 4.79. The van der Waals surface area contributed by atoms with Crippen molar-refractivity contribution in [2.75, 3.05) is 0 Å². The maximum Gasteiger partial charge on any atom is 0.0789 e. The summed E-state index contributed by atoms with van der Waals surface area (Å²) in [6.07, 6.45) is 0. The second kappa shape index (κ2) is 1.83. The monoisotopic (exact) mass is 152 g/mol. The summed E-state index contributed by atoms with van der Waals surface area (Å²) in [5.74, 6) is 0. The minimum absolute atomic E-state index is 1.13. The van der Waals surface area contributed by atoms with Gasteiger partial charge < -0.3 is 0 Å². The molecule has 0 aliphatic carbocycles. The quantitative estimate of drug-likeness (QED) is 0.564. The minimum Gasteiger partial charge on any atom is -0.267 e. The zero-order valence-corrected chi connectivity index (χ0v) is 6.77. The van der Waals surface area contributed by atoms with Gasteiger partial charge in [-0.3, -0.25) is 4.68 Å². The zero-order chi connectivity index (χ0) is 7.14. The first-order valence-electron chi connectivity index (χ1n) is 3.16. The van der Waals surface area contributed by atoms with Crippen LogP contribution in [0.4, 0.5) is 0 Å². The molecule has 0 aromatic carbocycles. The first-order valence-corrected chi connectivity index (χ1v) is 4.04. The molecule has 0 radical (unpaired) electrons. The Labute approximate surface area is 63.1 Å². The number of hydrogen-bond donors (Lipinski definition) is 0. The van der Waals surface area contributed by atoms with E-state index in [9.17, 15) is 0 Å². The van der Waals surface area contributed by atoms with Crippen molar-refractivity contribution >= 4 is 21.6 Å². The standard InChI is InChI=1S/C7H8N2S/c1-5-7-6(3-4-10-7)9(2)8-5/h3-4H,1-2H3. The van der Waals surface area contributed by atoms with Crippen LogP contribution in [0.1, 0.15) is 5.69 Å². The fourth-order valence-corrected chi connectivity index (χ4v) is 2.02. The second-order valence-corrected chi connectivity index (χ2v) is 3.26. The van der Waals surface area contributed by atoms with Gasteiger partial charge in [0, 0.05) is 7.05 Å². The summed E-state index contributed by atoms with van der Waals surface area (Å²) in [5.41, 5.74) is 2.37. The molecule has 2 aromatic rings. The number of hydrogen-bond acceptors (Lipinski definition) is 2. The van der Waals surface area contributed by atoms with Gasteiger partial charge in [-0.2, -0.15) is 5.10 Å². The lowest BCUT2D eigenvalue weighted by Gasteiger charge is -1.84. The van der Waals surface area contributed by atoms with E-state index in [2.05, 4.69) is 16.5 Å². The molecule has 0 N–H and O–H groups in total. The van der Waals surface area contributed by atoms with Crippen LogP contribution in [0.2, 0.25) is 0 Å². The molecule has 2 nitrogen and oxygen atoms in total. The Balaban J connectivity index is 2.98. The van der Waals surface area contributed by atoms with Crippen molar-refractivity contribution in [1.82, 2.24) is 9.78 Å². The smallest absolute Gasteiger partial charge is 0.0789 e. The third kappa shape index (κ3) is 0.609. The van der Waals surface area contributed by atoms with E-state index in [0.717, 1.165) is 5.69 Å². The van der Waals surface area contributed by atoms with E-state index in [0.29, 0.717) is 0 Å². The molecule has 0 bridgehead atoms. The molecule has 0 spiro atoms. The van der Waals surface area contributed by atoms with Gasteiger partial charge in [-0.25, -0.2) is 0 Å². The molecule has 0 aliphatic rings. The topological polar surface area (TPSA) is 17.8 Å². The molecule has 52 valence electrons. The molecular weight excluding hydrogens is 144 g/mol. The fourth-order valence-electron chi connectivity index (χ4n) is 1.15. The number of fused-ring (bicyclic) bond motifs is 1. The first kappa shape index (κ1) is 5.92. The van der Waals surface area contributed by atoms with E-state index < -0.39 is 0 Å². The number of nitrogens with zero attached hydrogens (tertiary/aromatic N) is 2. The van der Waals surface area contributed by atoms with Crippen LogP contribution in [0.25, 0.3) is 10.2 Å². The van der Waals surface area contributed by atoms with Gasteiger partial charge in [0.2, 0.25) is 0 Å². The number of aromatic nitrogens is 2. The molecule has 0 aliphatic heterocycles. The predicted molar refractivity (Wildman–Crippen MR) is 43.3 cm³/mol. The van der Waals surface area contributed by atoms with Gasteiger partial charge >= 0.3 is 0 Å². The average Bonchev–Trinajstić information content (AvgIpc) is 2.39. The van der Waals surface area contributed by atoms with Crippen LogP contribution in [0.3, 0.4) is 0 Å². The number of aryl methyl sites for hydroxylation is 2. The van der Waals surface area contributed by atoms with Crippen LogP contribution in [0.5, 0.6) is 0 Å². The van der Waals surface area contributed by atoms with E-state index in [-0.39, 0.29) is 0 Å². The summed E-state index contributed by atoms with van der Waals surface area (Å²) in [6, 6.07) is 2.10. The highest BCUT2D eigenvalue weighted by atomic mass is 32.1. The Bertz CT molecular complexity index is 327. The summed E-state index contributed by atoms with van der Waals surface area (Å²) in [4.78, 5) is 0. The zero-order valence-electron chi connectivity index (χ0n) is 5.96. The van der Waals surface area contributed by atoms with Crippen molar-refractivity contribution in [3.63, 3.8) is 0 Å². The van der Waals surface area contributed by atoms with Gasteiger partial charge in [-0.15, -0.1) is 11.3 Å². The molecule has 0 saturated heterocycles. The van der Waals surface area contributed by atoms with Crippen LogP contribution in [-0.2, 0) is 7.05 Å². The maximum absolute atomic E-state index is 4.28. The van der Waals surface area contributed by atoms with Crippen molar-refractivity contribution in [2.45, 2.75) is 6.92 Å². The van der Waals surface area contributed by atoms with Crippen molar-refractivity contribution in [3.05, 3.63) is 17.1 Å². The van der Waals surface area contributed by atoms with Crippen LogP contribution in [0.15, 0.2) is 11.4 Å². The predicted octanol–water partition coefficient (Wildman–Crippen LogP) is 1.94. The Morgan fingerprint density at radius 1 is 1.60 bits per heavy atom. The highest BCUT2D eigenvalue weighted by molar-refractivity contribution is 7.17. The summed E-state index contributed by atoms with van der Waals surface area (Å²) in [5, 5.41) is 6.37. The van der Waals surface area contributed by atoms with Crippen LogP contribution in [0, 0.1) is 6.92 Å². The average molecular weight is 152 g/mol. The van der Waals surface area contributed by atoms with Gasteiger partial charge in [0.1, 0.15) is 0 Å². The third-order valence-corrected chi connectivity index (χ3v) is 2.63. The van der Waals surface area contributed by atoms with Gasteiger partial charge in [-0.1, -0.05) is 0 Å². The molecule has 0 amide bonds. The van der Waals surface area contributed by atoms with E-state index in [4.69, 9.17) is 0 Å². The van der Waals surface area contributed by atoms with Crippen molar-refractivity contribution < 1.29 is 0 Å². The molecular formula is C7H8N2S. The Morgan fingerprint density at radius 2 is 2.40 bits per heavy atom. The van der Waals surface area contributed by atoms with Crippen molar-refractivity contribution in [1.29, 1.82) is 0 Å². The molecule has 2 heterocycles. The van der Waals surface area contributed by atoms with Crippen molar-refractivity contribution in [2.24, 2.45) is 7.05 Å². The molecule has 3 heteroatoms. The van der Waals surface area contributed by atoms with Crippen LogP contribution >= 0.6 is 11.3 Å². The van der Waals surface area contributed by atoms with Crippen molar-refractivity contribution in [3.8, 4) is 0 Å². The number of thiophene rings is 1. The molecule has 0 fully saturated rings. The molecule has 0 atom stereocenters. The molecule has 2 aromatic heterocycles. The van der Waals surface area contributed by atoms with Gasteiger partial charge in [-0.05, 0) is 18.4 Å². The third-order valence-electron chi connectivity index (χ3n) is 1.62. The van der Waals surface area contributed by atoms with E-state index in [1.54, 1.807) is 11.3 Å². The van der Waals surface area contributed by atoms with Gasteiger partial charge in [0.15, 0.2) is 0 Å². The lowest BCUT2D eigenvalue weighted by Crippen LogP contribution is -1.88.